The zero-order valence-electron chi connectivity index (χ0n) is 15.4. The van der Waals surface area contributed by atoms with Crippen LogP contribution in [-0.2, 0) is 9.53 Å². The summed E-state index contributed by atoms with van der Waals surface area (Å²) in [6.07, 6.45) is 2.42. The van der Waals surface area contributed by atoms with Crippen molar-refractivity contribution in [2.75, 3.05) is 7.11 Å². The number of aromatic nitrogens is 2. The lowest BCUT2D eigenvalue weighted by molar-refractivity contribution is -0.133. The fraction of sp³-hybridized carbons (Fsp3) is 0.0476. The number of carbonyl (C=O) groups is 1. The van der Waals surface area contributed by atoms with Gasteiger partial charge in [-0.05, 0) is 18.2 Å². The van der Waals surface area contributed by atoms with Gasteiger partial charge in [0.15, 0.2) is 0 Å². The van der Waals surface area contributed by atoms with E-state index in [1.807, 2.05) is 0 Å². The van der Waals surface area contributed by atoms with Gasteiger partial charge >= 0.3 is 5.97 Å². The second kappa shape index (κ2) is 9.01. The molecule has 0 amide bonds. The highest BCUT2D eigenvalue weighted by molar-refractivity contribution is 6.17. The first-order valence-corrected chi connectivity index (χ1v) is 8.42. The molecule has 0 fully saturated rings. The molecular formula is C21H16N4O4. The van der Waals surface area contributed by atoms with Gasteiger partial charge in [0.25, 0.3) is 0 Å². The molecule has 2 N–H and O–H groups in total. The van der Waals surface area contributed by atoms with Crippen LogP contribution in [0.25, 0.3) is 5.57 Å². The molecule has 0 atom stereocenters. The zero-order valence-corrected chi connectivity index (χ0v) is 15.4. The van der Waals surface area contributed by atoms with Gasteiger partial charge in [0.1, 0.15) is 23.9 Å². The lowest BCUT2D eigenvalue weighted by atomic mass is 10.1. The van der Waals surface area contributed by atoms with E-state index in [0.717, 1.165) is 6.20 Å². The third-order valence-electron chi connectivity index (χ3n) is 3.80. The molecule has 8 heteroatoms. The normalized spacial score (nSPS) is 10.7. The highest BCUT2D eigenvalue weighted by atomic mass is 16.5. The number of hydrogen-bond donors (Lipinski definition) is 1. The van der Waals surface area contributed by atoms with E-state index in [1.54, 1.807) is 48.5 Å². The van der Waals surface area contributed by atoms with Crippen molar-refractivity contribution in [2.45, 2.75) is 0 Å². The molecule has 0 unspecified atom stereocenters. The van der Waals surface area contributed by atoms with Crippen LogP contribution < -0.4 is 15.2 Å². The monoisotopic (exact) mass is 388 g/mol. The van der Waals surface area contributed by atoms with Crippen molar-refractivity contribution in [2.24, 2.45) is 5.73 Å². The number of esters is 1. The van der Waals surface area contributed by atoms with Gasteiger partial charge in [-0.3, -0.25) is 0 Å². The number of hydrogen-bond acceptors (Lipinski definition) is 8. The molecule has 0 radical (unpaired) electrons. The number of rotatable bonds is 6. The maximum atomic E-state index is 12.0. The smallest absolute Gasteiger partial charge is 0.340 e. The summed E-state index contributed by atoms with van der Waals surface area (Å²) in [7, 11) is 1.27. The minimum Gasteiger partial charge on any atom is -0.465 e. The first kappa shape index (κ1) is 19.4. The summed E-state index contributed by atoms with van der Waals surface area (Å²) < 4.78 is 16.3. The van der Waals surface area contributed by atoms with Crippen LogP contribution in [0.2, 0.25) is 0 Å². The van der Waals surface area contributed by atoms with E-state index in [-0.39, 0.29) is 17.3 Å². The number of para-hydroxylation sites is 2. The molecule has 144 valence electrons. The van der Waals surface area contributed by atoms with Gasteiger partial charge in [0, 0.05) is 11.8 Å². The van der Waals surface area contributed by atoms with E-state index in [9.17, 15) is 10.1 Å². The average Bonchev–Trinajstić information content (AvgIpc) is 2.76. The predicted molar refractivity (Wildman–Crippen MR) is 104 cm³/mol. The fourth-order valence-electron chi connectivity index (χ4n) is 2.46. The fourth-order valence-corrected chi connectivity index (χ4v) is 2.46. The summed E-state index contributed by atoms with van der Waals surface area (Å²) in [5.41, 5.74) is 6.55. The maximum Gasteiger partial charge on any atom is 0.340 e. The van der Waals surface area contributed by atoms with Crippen LogP contribution in [0.15, 0.2) is 67.1 Å². The summed E-state index contributed by atoms with van der Waals surface area (Å²) in [6, 6.07) is 17.1. The van der Waals surface area contributed by atoms with Crippen molar-refractivity contribution in [3.8, 4) is 29.3 Å². The van der Waals surface area contributed by atoms with Gasteiger partial charge in [0.2, 0.25) is 11.8 Å². The molecule has 29 heavy (non-hydrogen) atoms. The predicted octanol–water partition coefficient (Wildman–Crippen LogP) is 3.41. The van der Waals surface area contributed by atoms with E-state index < -0.39 is 5.97 Å². The van der Waals surface area contributed by atoms with E-state index in [2.05, 4.69) is 16.0 Å². The van der Waals surface area contributed by atoms with Crippen molar-refractivity contribution < 1.29 is 19.0 Å². The molecule has 3 aromatic rings. The van der Waals surface area contributed by atoms with Gasteiger partial charge in [-0.25, -0.2) is 14.8 Å². The number of nitriles is 1. The number of nitrogens with zero attached hydrogens (tertiary/aromatic N) is 3. The Morgan fingerprint density at radius 3 is 2.31 bits per heavy atom. The molecule has 8 nitrogen and oxygen atoms in total. The molecular weight excluding hydrogens is 372 g/mol. The van der Waals surface area contributed by atoms with Crippen LogP contribution in [0.5, 0.6) is 23.3 Å². The first-order valence-electron chi connectivity index (χ1n) is 8.42. The highest BCUT2D eigenvalue weighted by Crippen LogP contribution is 2.31. The van der Waals surface area contributed by atoms with E-state index in [0.29, 0.717) is 22.6 Å². The standard InChI is InChI=1S/C21H16N4O4/c1-27-21(26)16(12-23)15-7-3-5-9-18(15)29-20-10-19(24-13-25-20)28-17-8-4-2-6-14(17)11-22/h2-10,12-13H,23H2,1H3/b16-12+. The SMILES string of the molecule is COC(=O)/C(=C/N)c1ccccc1Oc1cc(Oc2ccccc2C#N)ncn1. The molecule has 2 aromatic carbocycles. The summed E-state index contributed by atoms with van der Waals surface area (Å²) in [6.45, 7) is 0. The molecule has 0 aliphatic heterocycles. The molecule has 3 rings (SSSR count). The van der Waals surface area contributed by atoms with Gasteiger partial charge < -0.3 is 19.9 Å². The number of ether oxygens (including phenoxy) is 3. The third kappa shape index (κ3) is 4.48. The van der Waals surface area contributed by atoms with Crippen molar-refractivity contribution in [1.29, 1.82) is 5.26 Å². The van der Waals surface area contributed by atoms with Gasteiger partial charge in [-0.2, -0.15) is 5.26 Å². The second-order valence-corrected chi connectivity index (χ2v) is 5.57. The average molecular weight is 388 g/mol. The Bertz CT molecular complexity index is 1110. The maximum absolute atomic E-state index is 12.0. The first-order chi connectivity index (χ1) is 14.2. The zero-order chi connectivity index (χ0) is 20.6. The quantitative estimate of drug-likeness (QED) is 0.504. The number of methoxy groups -OCH3 is 1. The van der Waals surface area contributed by atoms with Crippen LogP contribution in [0.3, 0.4) is 0 Å². The molecule has 1 aromatic heterocycles. The Hall–Kier alpha value is -4.38. The van der Waals surface area contributed by atoms with Crippen molar-refractivity contribution >= 4 is 11.5 Å². The summed E-state index contributed by atoms with van der Waals surface area (Å²) in [5, 5.41) is 9.18. The molecule has 0 aliphatic rings. The lowest BCUT2D eigenvalue weighted by Crippen LogP contribution is -2.07. The Labute approximate surface area is 166 Å². The largest absolute Gasteiger partial charge is 0.465 e. The Morgan fingerprint density at radius 2 is 1.66 bits per heavy atom. The second-order valence-electron chi connectivity index (χ2n) is 5.57. The Balaban J connectivity index is 1.89. The molecule has 0 saturated carbocycles. The van der Waals surface area contributed by atoms with Gasteiger partial charge in [-0.15, -0.1) is 0 Å². The summed E-state index contributed by atoms with van der Waals surface area (Å²) in [5.74, 6) is 0.481. The molecule has 0 bridgehead atoms. The minimum atomic E-state index is -0.594. The summed E-state index contributed by atoms with van der Waals surface area (Å²) >= 11 is 0. The van der Waals surface area contributed by atoms with Crippen LogP contribution in [0.1, 0.15) is 11.1 Å². The van der Waals surface area contributed by atoms with Crippen LogP contribution in [0.4, 0.5) is 0 Å². The molecule has 1 heterocycles. The number of benzene rings is 2. The molecule has 0 spiro atoms. The van der Waals surface area contributed by atoms with Crippen molar-refractivity contribution in [3.05, 3.63) is 78.3 Å². The van der Waals surface area contributed by atoms with Crippen LogP contribution >= 0.6 is 0 Å². The summed E-state index contributed by atoms with van der Waals surface area (Å²) in [4.78, 5) is 20.1. The van der Waals surface area contributed by atoms with Crippen LogP contribution in [-0.4, -0.2) is 23.0 Å². The van der Waals surface area contributed by atoms with Gasteiger partial charge in [-0.1, -0.05) is 30.3 Å². The Kier molecular flexibility index (Phi) is 6.02. The highest BCUT2D eigenvalue weighted by Gasteiger charge is 2.17. The van der Waals surface area contributed by atoms with E-state index in [1.165, 1.54) is 19.5 Å². The topological polar surface area (TPSA) is 120 Å². The van der Waals surface area contributed by atoms with Crippen molar-refractivity contribution in [1.82, 2.24) is 9.97 Å². The van der Waals surface area contributed by atoms with Crippen LogP contribution in [0, 0.1) is 11.3 Å². The minimum absolute atomic E-state index is 0.150. The molecule has 0 aliphatic carbocycles. The molecule has 0 saturated heterocycles. The van der Waals surface area contributed by atoms with E-state index in [4.69, 9.17) is 19.9 Å². The van der Waals surface area contributed by atoms with Gasteiger partial charge in [0.05, 0.1) is 24.3 Å². The number of nitrogens with two attached hydrogens (primary N) is 1. The Morgan fingerprint density at radius 1 is 1.03 bits per heavy atom. The number of carbonyl (C=O) groups excluding carboxylic acids is 1. The third-order valence-corrected chi connectivity index (χ3v) is 3.80. The lowest BCUT2D eigenvalue weighted by Gasteiger charge is -2.12. The van der Waals surface area contributed by atoms with E-state index >= 15 is 0 Å². The van der Waals surface area contributed by atoms with Crippen molar-refractivity contribution in [3.63, 3.8) is 0 Å².